The number of imidazole rings is 1. The van der Waals surface area contributed by atoms with Crippen LogP contribution in [0.5, 0.6) is 5.75 Å². The Morgan fingerprint density at radius 3 is 2.62 bits per heavy atom. The summed E-state index contributed by atoms with van der Waals surface area (Å²) in [6.07, 6.45) is 0.797. The first-order valence-corrected chi connectivity index (χ1v) is 13.0. The SMILES string of the molecule is CCn1c(SCCCOc2ccc(F)cc2)nc2cc(S(=O)(=O)N3CCOCC3)ccc21. The lowest BCUT2D eigenvalue weighted by Gasteiger charge is -2.26. The van der Waals surface area contributed by atoms with Crippen molar-refractivity contribution in [1.82, 2.24) is 13.9 Å². The van der Waals surface area contributed by atoms with E-state index in [0.29, 0.717) is 44.2 Å². The topological polar surface area (TPSA) is 73.7 Å². The average molecular weight is 480 g/mol. The summed E-state index contributed by atoms with van der Waals surface area (Å²) in [5, 5.41) is 0.852. The Morgan fingerprint density at radius 2 is 1.91 bits per heavy atom. The zero-order valence-corrected chi connectivity index (χ0v) is 19.5. The number of ether oxygens (including phenoxy) is 2. The molecule has 0 spiro atoms. The van der Waals surface area contributed by atoms with Crippen molar-refractivity contribution >= 4 is 32.8 Å². The molecule has 10 heteroatoms. The second-order valence-electron chi connectivity index (χ2n) is 7.31. The molecule has 2 aromatic carbocycles. The van der Waals surface area contributed by atoms with Gasteiger partial charge in [0.05, 0.1) is 35.7 Å². The zero-order chi connectivity index (χ0) is 22.6. The van der Waals surface area contributed by atoms with Gasteiger partial charge in [-0.2, -0.15) is 4.31 Å². The van der Waals surface area contributed by atoms with Crippen LogP contribution in [0.2, 0.25) is 0 Å². The van der Waals surface area contributed by atoms with E-state index >= 15 is 0 Å². The summed E-state index contributed by atoms with van der Waals surface area (Å²) in [4.78, 5) is 4.97. The van der Waals surface area contributed by atoms with Gasteiger partial charge in [0.1, 0.15) is 11.6 Å². The van der Waals surface area contributed by atoms with E-state index in [9.17, 15) is 12.8 Å². The van der Waals surface area contributed by atoms with Gasteiger partial charge in [0, 0.05) is 25.4 Å². The highest BCUT2D eigenvalue weighted by atomic mass is 32.2. The third-order valence-corrected chi connectivity index (χ3v) is 8.17. The summed E-state index contributed by atoms with van der Waals surface area (Å²) in [6, 6.07) is 11.1. The van der Waals surface area contributed by atoms with E-state index in [4.69, 9.17) is 14.5 Å². The first kappa shape index (κ1) is 23.0. The third-order valence-electron chi connectivity index (χ3n) is 5.21. The number of halogens is 1. The number of nitrogens with zero attached hydrogens (tertiary/aromatic N) is 3. The summed E-state index contributed by atoms with van der Waals surface area (Å²) in [5.74, 6) is 1.15. The van der Waals surface area contributed by atoms with Gasteiger partial charge >= 0.3 is 0 Å². The summed E-state index contributed by atoms with van der Waals surface area (Å²) >= 11 is 1.61. The minimum Gasteiger partial charge on any atom is -0.494 e. The van der Waals surface area contributed by atoms with E-state index in [1.807, 2.05) is 13.0 Å². The van der Waals surface area contributed by atoms with Crippen molar-refractivity contribution in [2.45, 2.75) is 29.9 Å². The molecule has 1 aliphatic heterocycles. The zero-order valence-electron chi connectivity index (χ0n) is 17.9. The Labute approximate surface area is 191 Å². The number of sulfonamides is 1. The highest BCUT2D eigenvalue weighted by Gasteiger charge is 2.27. The van der Waals surface area contributed by atoms with Crippen LogP contribution in [0.15, 0.2) is 52.5 Å². The summed E-state index contributed by atoms with van der Waals surface area (Å²) in [5.41, 5.74) is 1.59. The molecular weight excluding hydrogens is 453 g/mol. The number of aryl methyl sites for hydroxylation is 1. The Balaban J connectivity index is 1.42. The predicted molar refractivity (Wildman–Crippen MR) is 122 cm³/mol. The van der Waals surface area contributed by atoms with Crippen molar-refractivity contribution < 1.29 is 22.3 Å². The average Bonchev–Trinajstić information content (AvgIpc) is 3.17. The third kappa shape index (κ3) is 5.09. The monoisotopic (exact) mass is 479 g/mol. The van der Waals surface area contributed by atoms with Gasteiger partial charge in [0.25, 0.3) is 0 Å². The van der Waals surface area contributed by atoms with Gasteiger partial charge in [0.15, 0.2) is 5.16 Å². The van der Waals surface area contributed by atoms with E-state index in [2.05, 4.69) is 4.57 Å². The fourth-order valence-corrected chi connectivity index (χ4v) is 5.96. The van der Waals surface area contributed by atoms with Crippen LogP contribution in [0.4, 0.5) is 4.39 Å². The number of hydrogen-bond acceptors (Lipinski definition) is 6. The van der Waals surface area contributed by atoms with E-state index in [1.165, 1.54) is 16.4 Å². The van der Waals surface area contributed by atoms with Gasteiger partial charge in [-0.25, -0.2) is 17.8 Å². The van der Waals surface area contributed by atoms with E-state index in [1.54, 1.807) is 36.0 Å². The minimum absolute atomic E-state index is 0.261. The van der Waals surface area contributed by atoms with E-state index in [-0.39, 0.29) is 10.7 Å². The van der Waals surface area contributed by atoms with Crippen LogP contribution in [0.25, 0.3) is 11.0 Å². The van der Waals surface area contributed by atoms with Crippen molar-refractivity contribution in [1.29, 1.82) is 0 Å². The fraction of sp³-hybridized carbons (Fsp3) is 0.409. The number of aromatic nitrogens is 2. The van der Waals surface area contributed by atoms with Crippen molar-refractivity contribution in [2.24, 2.45) is 0 Å². The van der Waals surface area contributed by atoms with Crippen LogP contribution in [-0.2, 0) is 21.3 Å². The lowest BCUT2D eigenvalue weighted by molar-refractivity contribution is 0.0730. The first-order valence-electron chi connectivity index (χ1n) is 10.6. The lowest BCUT2D eigenvalue weighted by Crippen LogP contribution is -2.40. The molecule has 0 atom stereocenters. The molecule has 2 heterocycles. The molecule has 0 saturated carbocycles. The van der Waals surface area contributed by atoms with Crippen molar-refractivity contribution in [3.63, 3.8) is 0 Å². The van der Waals surface area contributed by atoms with E-state index < -0.39 is 10.0 Å². The molecule has 3 aromatic rings. The largest absolute Gasteiger partial charge is 0.494 e. The highest BCUT2D eigenvalue weighted by molar-refractivity contribution is 7.99. The second kappa shape index (κ2) is 10.2. The molecule has 0 amide bonds. The molecule has 4 rings (SSSR count). The van der Waals surface area contributed by atoms with Gasteiger partial charge in [-0.1, -0.05) is 11.8 Å². The summed E-state index contributed by atoms with van der Waals surface area (Å²) < 4.78 is 53.3. The Kier molecular flexibility index (Phi) is 7.34. The second-order valence-corrected chi connectivity index (χ2v) is 10.3. The van der Waals surface area contributed by atoms with Gasteiger partial charge in [-0.15, -0.1) is 0 Å². The Bertz CT molecular complexity index is 1160. The molecule has 1 aromatic heterocycles. The quantitative estimate of drug-likeness (QED) is 0.344. The van der Waals surface area contributed by atoms with Crippen LogP contribution in [0.3, 0.4) is 0 Å². The first-order chi connectivity index (χ1) is 15.5. The molecule has 1 fully saturated rings. The van der Waals surface area contributed by atoms with Crippen LogP contribution >= 0.6 is 11.8 Å². The summed E-state index contributed by atoms with van der Waals surface area (Å²) in [7, 11) is -3.56. The molecule has 0 radical (unpaired) electrons. The molecule has 172 valence electrons. The molecule has 0 aliphatic carbocycles. The van der Waals surface area contributed by atoms with Gasteiger partial charge in [0.2, 0.25) is 10.0 Å². The molecule has 1 saturated heterocycles. The highest BCUT2D eigenvalue weighted by Crippen LogP contribution is 2.28. The van der Waals surface area contributed by atoms with Crippen molar-refractivity contribution in [3.8, 4) is 5.75 Å². The molecular formula is C22H26FN3O4S2. The molecule has 0 unspecified atom stereocenters. The maximum absolute atomic E-state index is 13.0. The number of rotatable bonds is 9. The number of fused-ring (bicyclic) bond motifs is 1. The van der Waals surface area contributed by atoms with Gasteiger partial charge < -0.3 is 14.0 Å². The summed E-state index contributed by atoms with van der Waals surface area (Å²) in [6.45, 7) is 4.86. The number of thioether (sulfide) groups is 1. The molecule has 32 heavy (non-hydrogen) atoms. The molecule has 1 aliphatic rings. The van der Waals surface area contributed by atoms with Crippen molar-refractivity contribution in [2.75, 3.05) is 38.7 Å². The number of benzene rings is 2. The predicted octanol–water partition coefficient (Wildman–Crippen LogP) is 3.78. The molecule has 0 bridgehead atoms. The number of morpholine rings is 1. The Hall–Kier alpha value is -2.14. The molecule has 0 N–H and O–H groups in total. The van der Waals surface area contributed by atoms with Crippen LogP contribution in [0.1, 0.15) is 13.3 Å². The fourth-order valence-electron chi connectivity index (χ4n) is 3.54. The maximum Gasteiger partial charge on any atom is 0.243 e. The van der Waals surface area contributed by atoms with Gasteiger partial charge in [-0.05, 0) is 55.8 Å². The normalized spacial score (nSPS) is 15.3. The smallest absolute Gasteiger partial charge is 0.243 e. The molecule has 7 nitrogen and oxygen atoms in total. The Morgan fingerprint density at radius 1 is 1.16 bits per heavy atom. The van der Waals surface area contributed by atoms with Crippen LogP contribution in [-0.4, -0.2) is 60.9 Å². The van der Waals surface area contributed by atoms with E-state index in [0.717, 1.165) is 29.4 Å². The van der Waals surface area contributed by atoms with Crippen LogP contribution < -0.4 is 4.74 Å². The lowest BCUT2D eigenvalue weighted by atomic mass is 10.3. The number of hydrogen-bond donors (Lipinski definition) is 0. The van der Waals surface area contributed by atoms with Crippen LogP contribution in [0, 0.1) is 5.82 Å². The van der Waals surface area contributed by atoms with Gasteiger partial charge in [-0.3, -0.25) is 0 Å². The standard InChI is InChI=1S/C22H26FN3O4S2/c1-2-26-21-9-8-19(32(27,28)25-10-13-29-14-11-25)16-20(21)24-22(26)31-15-3-12-30-18-6-4-17(23)5-7-18/h4-9,16H,2-3,10-15H2,1H3. The maximum atomic E-state index is 13.0. The minimum atomic E-state index is -3.56. The van der Waals surface area contributed by atoms with Crippen molar-refractivity contribution in [3.05, 3.63) is 48.3 Å².